The second-order valence-corrected chi connectivity index (χ2v) is 4.67. The van der Waals surface area contributed by atoms with Crippen LogP contribution in [-0.4, -0.2) is 15.1 Å². The van der Waals surface area contributed by atoms with Gasteiger partial charge in [0.25, 0.3) is 5.89 Å². The van der Waals surface area contributed by atoms with Crippen molar-refractivity contribution >= 4 is 17.0 Å². The van der Waals surface area contributed by atoms with Crippen molar-refractivity contribution in [3.05, 3.63) is 35.5 Å². The van der Waals surface area contributed by atoms with Crippen LogP contribution in [0, 0.1) is 6.92 Å². The SMILES string of the molecule is Cc1ncsc1-c1nc(-c2cccc(N)c2)no1. The Kier molecular flexibility index (Phi) is 2.56. The first-order valence-corrected chi connectivity index (χ1v) is 6.22. The van der Waals surface area contributed by atoms with Crippen molar-refractivity contribution in [2.45, 2.75) is 6.92 Å². The molecular weight excluding hydrogens is 248 g/mol. The fourth-order valence-corrected chi connectivity index (χ4v) is 2.34. The topological polar surface area (TPSA) is 77.8 Å². The second-order valence-electron chi connectivity index (χ2n) is 3.82. The van der Waals surface area contributed by atoms with E-state index in [-0.39, 0.29) is 0 Å². The Morgan fingerprint density at radius 3 is 2.94 bits per heavy atom. The van der Waals surface area contributed by atoms with Crippen molar-refractivity contribution in [2.24, 2.45) is 0 Å². The van der Waals surface area contributed by atoms with E-state index in [4.69, 9.17) is 10.3 Å². The van der Waals surface area contributed by atoms with E-state index in [0.29, 0.717) is 17.4 Å². The summed E-state index contributed by atoms with van der Waals surface area (Å²) in [5, 5.41) is 3.96. The summed E-state index contributed by atoms with van der Waals surface area (Å²) in [4.78, 5) is 9.42. The quantitative estimate of drug-likeness (QED) is 0.715. The predicted octanol–water partition coefficient (Wildman–Crippen LogP) is 2.75. The maximum absolute atomic E-state index is 5.73. The van der Waals surface area contributed by atoms with E-state index in [1.54, 1.807) is 5.51 Å². The number of aromatic nitrogens is 3. The highest BCUT2D eigenvalue weighted by atomic mass is 32.1. The molecule has 0 saturated heterocycles. The van der Waals surface area contributed by atoms with Gasteiger partial charge in [-0.25, -0.2) is 4.98 Å². The highest BCUT2D eigenvalue weighted by Crippen LogP contribution is 2.27. The molecule has 0 atom stereocenters. The minimum atomic E-state index is 0.493. The highest BCUT2D eigenvalue weighted by molar-refractivity contribution is 7.13. The van der Waals surface area contributed by atoms with E-state index in [0.717, 1.165) is 16.1 Å². The van der Waals surface area contributed by atoms with Crippen molar-refractivity contribution < 1.29 is 4.52 Å². The zero-order chi connectivity index (χ0) is 12.5. The minimum absolute atomic E-state index is 0.493. The maximum Gasteiger partial charge on any atom is 0.270 e. The summed E-state index contributed by atoms with van der Waals surface area (Å²) in [7, 11) is 0. The van der Waals surface area contributed by atoms with Crippen molar-refractivity contribution in [3.8, 4) is 22.2 Å². The first-order valence-electron chi connectivity index (χ1n) is 5.34. The molecule has 0 aliphatic rings. The molecule has 0 spiro atoms. The molecule has 2 N–H and O–H groups in total. The van der Waals surface area contributed by atoms with Crippen LogP contribution < -0.4 is 5.73 Å². The molecule has 2 heterocycles. The number of anilines is 1. The van der Waals surface area contributed by atoms with Crippen LogP contribution in [0.3, 0.4) is 0 Å². The summed E-state index contributed by atoms with van der Waals surface area (Å²) >= 11 is 1.48. The molecule has 0 aliphatic carbocycles. The molecule has 0 fully saturated rings. The number of hydrogen-bond donors (Lipinski definition) is 1. The van der Waals surface area contributed by atoms with Gasteiger partial charge in [-0.1, -0.05) is 17.3 Å². The zero-order valence-corrected chi connectivity index (χ0v) is 10.4. The van der Waals surface area contributed by atoms with E-state index in [1.165, 1.54) is 11.3 Å². The molecule has 0 amide bonds. The molecule has 0 aliphatic heterocycles. The average molecular weight is 258 g/mol. The van der Waals surface area contributed by atoms with Gasteiger partial charge in [0.2, 0.25) is 5.82 Å². The second kappa shape index (κ2) is 4.23. The van der Waals surface area contributed by atoms with E-state index >= 15 is 0 Å². The monoisotopic (exact) mass is 258 g/mol. The van der Waals surface area contributed by atoms with Gasteiger partial charge in [0.15, 0.2) is 0 Å². The van der Waals surface area contributed by atoms with Crippen LogP contribution in [0.2, 0.25) is 0 Å². The van der Waals surface area contributed by atoms with E-state index in [2.05, 4.69) is 15.1 Å². The fraction of sp³-hybridized carbons (Fsp3) is 0.0833. The molecule has 18 heavy (non-hydrogen) atoms. The van der Waals surface area contributed by atoms with Gasteiger partial charge in [-0.15, -0.1) is 11.3 Å². The molecule has 0 saturated carbocycles. The van der Waals surface area contributed by atoms with Crippen molar-refractivity contribution in [1.82, 2.24) is 15.1 Å². The largest absolute Gasteiger partial charge is 0.399 e. The molecule has 0 radical (unpaired) electrons. The number of rotatable bonds is 2. The number of nitrogens with two attached hydrogens (primary N) is 1. The van der Waals surface area contributed by atoms with Gasteiger partial charge in [0.1, 0.15) is 4.88 Å². The Morgan fingerprint density at radius 1 is 1.33 bits per heavy atom. The average Bonchev–Trinajstić information content (AvgIpc) is 2.97. The third kappa shape index (κ3) is 1.86. The molecule has 2 aromatic heterocycles. The molecule has 0 bridgehead atoms. The summed E-state index contributed by atoms with van der Waals surface area (Å²) in [6.07, 6.45) is 0. The van der Waals surface area contributed by atoms with Crippen LogP contribution in [0.5, 0.6) is 0 Å². The van der Waals surface area contributed by atoms with Crippen molar-refractivity contribution in [2.75, 3.05) is 5.73 Å². The Balaban J connectivity index is 2.02. The van der Waals surface area contributed by atoms with Gasteiger partial charge in [0, 0.05) is 11.3 Å². The number of aryl methyl sites for hydroxylation is 1. The van der Waals surface area contributed by atoms with Gasteiger partial charge in [0.05, 0.1) is 11.2 Å². The summed E-state index contributed by atoms with van der Waals surface area (Å²) in [5.74, 6) is 1.03. The number of nitrogen functional groups attached to an aromatic ring is 1. The fourth-order valence-electron chi connectivity index (χ4n) is 1.62. The molecule has 5 nitrogen and oxygen atoms in total. The van der Waals surface area contributed by atoms with Crippen LogP contribution in [-0.2, 0) is 0 Å². The molecule has 3 rings (SSSR count). The van der Waals surface area contributed by atoms with Crippen LogP contribution in [0.25, 0.3) is 22.2 Å². The first-order chi connectivity index (χ1) is 8.74. The normalized spacial score (nSPS) is 10.7. The van der Waals surface area contributed by atoms with Gasteiger partial charge in [-0.2, -0.15) is 4.98 Å². The zero-order valence-electron chi connectivity index (χ0n) is 9.62. The first kappa shape index (κ1) is 10.9. The Labute approximate surface area is 107 Å². The lowest BCUT2D eigenvalue weighted by atomic mass is 10.2. The van der Waals surface area contributed by atoms with E-state index in [1.807, 2.05) is 31.2 Å². The van der Waals surface area contributed by atoms with Crippen molar-refractivity contribution in [3.63, 3.8) is 0 Å². The summed E-state index contributed by atoms with van der Waals surface area (Å²) in [6.45, 7) is 1.91. The van der Waals surface area contributed by atoms with Gasteiger partial charge < -0.3 is 10.3 Å². The van der Waals surface area contributed by atoms with Gasteiger partial charge in [-0.05, 0) is 19.1 Å². The Hall–Kier alpha value is -2.21. The summed E-state index contributed by atoms with van der Waals surface area (Å²) < 4.78 is 5.25. The molecule has 90 valence electrons. The van der Waals surface area contributed by atoms with Crippen molar-refractivity contribution in [1.29, 1.82) is 0 Å². The Bertz CT molecular complexity index is 689. The van der Waals surface area contributed by atoms with Crippen LogP contribution in [0.1, 0.15) is 5.69 Å². The number of hydrogen-bond acceptors (Lipinski definition) is 6. The predicted molar refractivity (Wildman–Crippen MR) is 70.0 cm³/mol. The van der Waals surface area contributed by atoms with Crippen LogP contribution >= 0.6 is 11.3 Å². The third-order valence-corrected chi connectivity index (χ3v) is 3.43. The smallest absolute Gasteiger partial charge is 0.270 e. The molecule has 1 aromatic carbocycles. The summed E-state index contributed by atoms with van der Waals surface area (Å²) in [5.41, 5.74) is 9.89. The van der Waals surface area contributed by atoms with E-state index < -0.39 is 0 Å². The standard InChI is InChI=1S/C12H10N4OS/c1-7-10(18-6-14-7)12-15-11(16-17-12)8-3-2-4-9(13)5-8/h2-6H,13H2,1H3. The van der Waals surface area contributed by atoms with E-state index in [9.17, 15) is 0 Å². The van der Waals surface area contributed by atoms with Gasteiger partial charge >= 0.3 is 0 Å². The summed E-state index contributed by atoms with van der Waals surface area (Å²) in [6, 6.07) is 7.38. The number of thiazole rings is 1. The maximum atomic E-state index is 5.73. The lowest BCUT2D eigenvalue weighted by Crippen LogP contribution is -1.86. The molecular formula is C12H10N4OS. The third-order valence-electron chi connectivity index (χ3n) is 2.51. The molecule has 0 unspecified atom stereocenters. The molecule has 3 aromatic rings. The van der Waals surface area contributed by atoms with Gasteiger partial charge in [-0.3, -0.25) is 0 Å². The lowest BCUT2D eigenvalue weighted by molar-refractivity contribution is 0.433. The number of benzene rings is 1. The number of nitrogens with zero attached hydrogens (tertiary/aromatic N) is 3. The van der Waals surface area contributed by atoms with Crippen LogP contribution in [0.15, 0.2) is 34.3 Å². The molecule has 6 heteroatoms. The van der Waals surface area contributed by atoms with Crippen LogP contribution in [0.4, 0.5) is 5.69 Å². The minimum Gasteiger partial charge on any atom is -0.399 e. The lowest BCUT2D eigenvalue weighted by Gasteiger charge is -1.95. The highest BCUT2D eigenvalue weighted by Gasteiger charge is 2.14. The Morgan fingerprint density at radius 2 is 2.22 bits per heavy atom.